The second-order valence-corrected chi connectivity index (χ2v) is 5.13. The van der Waals surface area contributed by atoms with Gasteiger partial charge in [0.05, 0.1) is 0 Å². The van der Waals surface area contributed by atoms with Gasteiger partial charge in [0.25, 0.3) is 0 Å². The maximum atomic E-state index is 2.54. The van der Waals surface area contributed by atoms with Gasteiger partial charge in [0.15, 0.2) is 0 Å². The minimum Gasteiger partial charge on any atom is -0.0588 e. The van der Waals surface area contributed by atoms with Gasteiger partial charge in [-0.05, 0) is 48.3 Å². The lowest BCUT2D eigenvalue weighted by molar-refractivity contribution is -0.0633. The predicted octanol–water partition coefficient (Wildman–Crippen LogP) is 2.83. The maximum absolute atomic E-state index is 2.54. The Bertz CT molecular complexity index is 174. The van der Waals surface area contributed by atoms with Gasteiger partial charge >= 0.3 is 0 Å². The Morgan fingerprint density at radius 1 is 0.900 bits per heavy atom. The van der Waals surface area contributed by atoms with Crippen LogP contribution in [0, 0.1) is 22.7 Å². The Hall–Kier alpha value is 0. The molecule has 0 radical (unpaired) electrons. The Labute approximate surface area is 63.0 Å². The van der Waals surface area contributed by atoms with Gasteiger partial charge in [-0.25, -0.2) is 0 Å². The van der Waals surface area contributed by atoms with Crippen molar-refractivity contribution in [3.05, 3.63) is 0 Å². The Kier molecular flexibility index (Phi) is 0.669. The summed E-state index contributed by atoms with van der Waals surface area (Å²) >= 11 is 0. The highest BCUT2D eigenvalue weighted by Crippen LogP contribution is 2.81. The first kappa shape index (κ1) is 5.62. The van der Waals surface area contributed by atoms with Crippen LogP contribution in [0.2, 0.25) is 0 Å². The molecule has 0 aliphatic heterocycles. The molecule has 5 rings (SSSR count). The van der Waals surface area contributed by atoms with Gasteiger partial charge in [-0.3, -0.25) is 0 Å². The van der Waals surface area contributed by atoms with Crippen LogP contribution >= 0.6 is 0 Å². The topological polar surface area (TPSA) is 0 Å². The van der Waals surface area contributed by atoms with Crippen molar-refractivity contribution < 1.29 is 0 Å². The lowest BCUT2D eigenvalue weighted by atomic mass is 9.50. The molecule has 4 bridgehead atoms. The Balaban J connectivity index is 2.16. The molecule has 10 heavy (non-hydrogen) atoms. The van der Waals surface area contributed by atoms with Crippen LogP contribution in [-0.4, -0.2) is 0 Å². The second kappa shape index (κ2) is 1.19. The van der Waals surface area contributed by atoms with Crippen LogP contribution in [0.4, 0.5) is 0 Å². The summed E-state index contributed by atoms with van der Waals surface area (Å²) in [5, 5.41) is 0. The van der Waals surface area contributed by atoms with Gasteiger partial charge in [-0.1, -0.05) is 13.8 Å². The highest BCUT2D eigenvalue weighted by atomic mass is 14.8. The normalized spacial score (nSPS) is 70.2. The fraction of sp³-hybridized carbons (Fsp3) is 1.00. The van der Waals surface area contributed by atoms with E-state index in [1.165, 1.54) is 0 Å². The summed E-state index contributed by atoms with van der Waals surface area (Å²) in [7, 11) is 0. The summed E-state index contributed by atoms with van der Waals surface area (Å²) < 4.78 is 0. The van der Waals surface area contributed by atoms with Crippen LogP contribution in [0.1, 0.15) is 39.5 Å². The van der Waals surface area contributed by atoms with E-state index in [1.807, 2.05) is 0 Å². The number of rotatable bonds is 0. The molecule has 0 nitrogen and oxygen atoms in total. The zero-order chi connectivity index (χ0) is 6.98. The molecule has 0 aromatic carbocycles. The molecule has 0 heteroatoms. The van der Waals surface area contributed by atoms with Crippen LogP contribution in [0.15, 0.2) is 0 Å². The quantitative estimate of drug-likeness (QED) is 0.480. The van der Waals surface area contributed by atoms with E-state index >= 15 is 0 Å². The molecule has 0 saturated heterocycles. The average Bonchev–Trinajstić information content (AvgIpc) is 2.48. The van der Waals surface area contributed by atoms with Crippen LogP contribution in [0.25, 0.3) is 0 Å². The van der Waals surface area contributed by atoms with Crippen molar-refractivity contribution in [2.24, 2.45) is 22.7 Å². The summed E-state index contributed by atoms with van der Waals surface area (Å²) in [5.74, 6) is 2.30. The van der Waals surface area contributed by atoms with E-state index in [2.05, 4.69) is 13.8 Å². The first-order valence-electron chi connectivity index (χ1n) is 4.68. The van der Waals surface area contributed by atoms with Crippen molar-refractivity contribution in [1.29, 1.82) is 0 Å². The first-order valence-corrected chi connectivity index (χ1v) is 4.68. The summed E-state index contributed by atoms with van der Waals surface area (Å²) in [4.78, 5) is 0. The third kappa shape index (κ3) is 0.286. The van der Waals surface area contributed by atoms with Crippen molar-refractivity contribution in [3.8, 4) is 0 Å². The average molecular weight is 136 g/mol. The van der Waals surface area contributed by atoms with Gasteiger partial charge in [-0.2, -0.15) is 0 Å². The third-order valence-electron chi connectivity index (χ3n) is 5.38. The largest absolute Gasteiger partial charge is 0.0588 e. The number of hydrogen-bond acceptors (Lipinski definition) is 0. The highest BCUT2D eigenvalue weighted by Gasteiger charge is 2.73. The summed E-state index contributed by atoms with van der Waals surface area (Å²) in [6.45, 7) is 5.07. The molecular weight excluding hydrogens is 120 g/mol. The predicted molar refractivity (Wildman–Crippen MR) is 41.7 cm³/mol. The minimum absolute atomic E-state index is 0.803. The van der Waals surface area contributed by atoms with Crippen molar-refractivity contribution in [3.63, 3.8) is 0 Å². The minimum atomic E-state index is 0.803. The third-order valence-corrected chi connectivity index (χ3v) is 5.38. The van der Waals surface area contributed by atoms with Crippen LogP contribution in [0.5, 0.6) is 0 Å². The molecule has 0 aromatic heterocycles. The molecular formula is C10H16. The maximum Gasteiger partial charge on any atom is -0.0238 e. The molecule has 4 atom stereocenters. The van der Waals surface area contributed by atoms with Crippen molar-refractivity contribution in [2.45, 2.75) is 39.5 Å². The van der Waals surface area contributed by atoms with Crippen molar-refractivity contribution >= 4 is 0 Å². The van der Waals surface area contributed by atoms with E-state index in [1.54, 1.807) is 25.7 Å². The molecule has 0 aromatic rings. The molecule has 4 unspecified atom stereocenters. The first-order chi connectivity index (χ1) is 4.68. The molecule has 0 amide bonds. The molecule has 56 valence electrons. The Morgan fingerprint density at radius 2 is 1.30 bits per heavy atom. The molecule has 0 heterocycles. The second-order valence-electron chi connectivity index (χ2n) is 5.13. The van der Waals surface area contributed by atoms with Crippen molar-refractivity contribution in [2.75, 3.05) is 0 Å². The molecule has 0 N–H and O–H groups in total. The lowest BCUT2D eigenvalue weighted by Crippen LogP contribution is -2.49. The Morgan fingerprint density at radius 3 is 1.50 bits per heavy atom. The van der Waals surface area contributed by atoms with Gasteiger partial charge in [0.2, 0.25) is 0 Å². The summed E-state index contributed by atoms with van der Waals surface area (Å²) in [6.07, 6.45) is 6.19. The van der Waals surface area contributed by atoms with E-state index in [0.717, 1.165) is 22.7 Å². The van der Waals surface area contributed by atoms with E-state index < -0.39 is 0 Å². The van der Waals surface area contributed by atoms with Gasteiger partial charge in [0, 0.05) is 0 Å². The molecule has 5 aliphatic carbocycles. The monoisotopic (exact) mass is 136 g/mol. The van der Waals surface area contributed by atoms with E-state index in [0.29, 0.717) is 0 Å². The van der Waals surface area contributed by atoms with E-state index in [4.69, 9.17) is 0 Å². The van der Waals surface area contributed by atoms with Gasteiger partial charge in [-0.15, -0.1) is 0 Å². The smallest absolute Gasteiger partial charge is 0.0238 e. The van der Waals surface area contributed by atoms with Crippen LogP contribution in [-0.2, 0) is 0 Å². The van der Waals surface area contributed by atoms with Gasteiger partial charge in [0.1, 0.15) is 0 Å². The SMILES string of the molecule is CC12CCC3C1CCC32C. The van der Waals surface area contributed by atoms with E-state index in [-0.39, 0.29) is 0 Å². The fourth-order valence-electron chi connectivity index (χ4n) is 4.53. The van der Waals surface area contributed by atoms with Crippen LogP contribution < -0.4 is 0 Å². The zero-order valence-corrected chi connectivity index (χ0v) is 6.98. The lowest BCUT2D eigenvalue weighted by Gasteiger charge is -2.54. The summed E-state index contributed by atoms with van der Waals surface area (Å²) in [6, 6.07) is 0. The molecule has 5 saturated carbocycles. The van der Waals surface area contributed by atoms with Crippen LogP contribution in [0.3, 0.4) is 0 Å². The number of hydrogen-bond donors (Lipinski definition) is 0. The van der Waals surface area contributed by atoms with Gasteiger partial charge < -0.3 is 0 Å². The summed E-state index contributed by atoms with van der Waals surface area (Å²) in [5.41, 5.74) is 1.61. The highest BCUT2D eigenvalue weighted by molar-refractivity contribution is 5.22. The van der Waals surface area contributed by atoms with Crippen molar-refractivity contribution in [1.82, 2.24) is 0 Å². The fourth-order valence-corrected chi connectivity index (χ4v) is 4.53. The standard InChI is InChI=1S/C10H16/c1-9-5-3-8-7(9)4-6-10(8,9)2/h7-8H,3-6H2,1-2H3. The van der Waals surface area contributed by atoms with E-state index in [9.17, 15) is 0 Å². The zero-order valence-electron chi connectivity index (χ0n) is 6.98. The molecule has 5 fully saturated rings. The number of fused-ring (bicyclic) bond motifs is 2. The molecule has 5 aliphatic rings. The molecule has 0 spiro atoms.